The highest BCUT2D eigenvalue weighted by Gasteiger charge is 2.34. The minimum Gasteiger partial charge on any atom is -0.317 e. The maximum Gasteiger partial charge on any atom is 0.220 e. The summed E-state index contributed by atoms with van der Waals surface area (Å²) in [5.41, 5.74) is 1.98. The van der Waals surface area contributed by atoms with E-state index in [1.54, 1.807) is 6.92 Å². The van der Waals surface area contributed by atoms with Crippen LogP contribution in [0.15, 0.2) is 48.5 Å². The van der Waals surface area contributed by atoms with Crippen LogP contribution in [0.25, 0.3) is 21.5 Å². The monoisotopic (exact) mass is 294 g/mol. The van der Waals surface area contributed by atoms with Crippen molar-refractivity contribution in [2.45, 2.75) is 25.8 Å². The lowest BCUT2D eigenvalue weighted by Crippen LogP contribution is -2.13. The van der Waals surface area contributed by atoms with Crippen molar-refractivity contribution in [3.05, 3.63) is 59.7 Å². The van der Waals surface area contributed by atoms with Gasteiger partial charge in [-0.2, -0.15) is 4.89 Å². The first-order chi connectivity index (χ1) is 10.8. The molecule has 3 atom stereocenters. The van der Waals surface area contributed by atoms with E-state index < -0.39 is 18.9 Å². The molecule has 0 radical (unpaired) electrons. The van der Waals surface area contributed by atoms with Crippen LogP contribution in [0.5, 0.6) is 0 Å². The van der Waals surface area contributed by atoms with E-state index in [4.69, 9.17) is 19.2 Å². The molecule has 3 aromatic rings. The largest absolute Gasteiger partial charge is 0.317 e. The summed E-state index contributed by atoms with van der Waals surface area (Å²) in [6, 6.07) is 16.6. The van der Waals surface area contributed by atoms with Gasteiger partial charge in [0, 0.05) is 11.1 Å². The SMILES string of the molecule is CC1OO[C@@H]2O[C@H](O1)c1cccc3ccc4cccc2c4c13. The molecule has 4 heteroatoms. The predicted molar refractivity (Wildman–Crippen MR) is 80.7 cm³/mol. The van der Waals surface area contributed by atoms with Crippen LogP contribution in [0.3, 0.4) is 0 Å². The van der Waals surface area contributed by atoms with Crippen LogP contribution >= 0.6 is 0 Å². The maximum absolute atomic E-state index is 6.04. The molecule has 2 aliphatic heterocycles. The van der Waals surface area contributed by atoms with Gasteiger partial charge in [0.2, 0.25) is 6.29 Å². The summed E-state index contributed by atoms with van der Waals surface area (Å²) in [5, 5.41) is 4.64. The summed E-state index contributed by atoms with van der Waals surface area (Å²) in [6.07, 6.45) is -1.60. The van der Waals surface area contributed by atoms with Gasteiger partial charge in [0.15, 0.2) is 12.6 Å². The molecule has 1 fully saturated rings. The van der Waals surface area contributed by atoms with Crippen molar-refractivity contribution in [2.24, 2.45) is 0 Å². The Morgan fingerprint density at radius 2 is 1.32 bits per heavy atom. The molecule has 0 saturated carbocycles. The lowest BCUT2D eigenvalue weighted by Gasteiger charge is -2.18. The normalized spacial score (nSPS) is 27.0. The molecule has 0 N–H and O–H groups in total. The fourth-order valence-corrected chi connectivity index (χ4v) is 3.37. The van der Waals surface area contributed by atoms with Gasteiger partial charge in [0.1, 0.15) is 0 Å². The Kier molecular flexibility index (Phi) is 2.57. The first-order valence-corrected chi connectivity index (χ1v) is 7.38. The average molecular weight is 294 g/mol. The summed E-state index contributed by atoms with van der Waals surface area (Å²) in [5.74, 6) is 0. The van der Waals surface area contributed by atoms with E-state index in [9.17, 15) is 0 Å². The molecule has 2 heterocycles. The molecule has 0 aromatic heterocycles. The Morgan fingerprint density at radius 3 is 2.00 bits per heavy atom. The zero-order valence-electron chi connectivity index (χ0n) is 12.0. The Labute approximate surface area is 127 Å². The Hall–Kier alpha value is -1.98. The van der Waals surface area contributed by atoms with Crippen LogP contribution in [-0.4, -0.2) is 6.29 Å². The highest BCUT2D eigenvalue weighted by molar-refractivity contribution is 6.11. The molecule has 22 heavy (non-hydrogen) atoms. The molecule has 2 bridgehead atoms. The van der Waals surface area contributed by atoms with Crippen molar-refractivity contribution in [3.8, 4) is 0 Å². The van der Waals surface area contributed by atoms with Crippen LogP contribution in [0.2, 0.25) is 0 Å². The smallest absolute Gasteiger partial charge is 0.220 e. The summed E-state index contributed by atoms with van der Waals surface area (Å²) in [7, 11) is 0. The van der Waals surface area contributed by atoms with Crippen LogP contribution in [0, 0.1) is 0 Å². The fourth-order valence-electron chi connectivity index (χ4n) is 3.37. The third-order valence-electron chi connectivity index (χ3n) is 4.30. The fraction of sp³-hybridized carbons (Fsp3) is 0.222. The second kappa shape index (κ2) is 4.51. The van der Waals surface area contributed by atoms with Gasteiger partial charge in [-0.25, -0.2) is 4.89 Å². The molecule has 5 rings (SSSR count). The summed E-state index contributed by atoms with van der Waals surface area (Å²) >= 11 is 0. The predicted octanol–water partition coefficient (Wildman–Crippen LogP) is 4.34. The van der Waals surface area contributed by atoms with Crippen LogP contribution < -0.4 is 0 Å². The Bertz CT molecular complexity index is 889. The highest BCUT2D eigenvalue weighted by Crippen LogP contribution is 2.44. The molecule has 3 aromatic carbocycles. The number of hydrogen-bond acceptors (Lipinski definition) is 4. The molecule has 2 aliphatic rings. The first-order valence-electron chi connectivity index (χ1n) is 7.38. The van der Waals surface area contributed by atoms with E-state index in [1.165, 1.54) is 10.8 Å². The summed E-state index contributed by atoms with van der Waals surface area (Å²) in [6.45, 7) is 1.80. The van der Waals surface area contributed by atoms with E-state index >= 15 is 0 Å². The minimum absolute atomic E-state index is 0.491. The van der Waals surface area contributed by atoms with Crippen LogP contribution in [0.1, 0.15) is 30.6 Å². The molecule has 1 saturated heterocycles. The molecular formula is C18H14O4. The second-order valence-electron chi connectivity index (χ2n) is 5.65. The summed E-state index contributed by atoms with van der Waals surface area (Å²) < 4.78 is 11.9. The topological polar surface area (TPSA) is 36.9 Å². The number of benzene rings is 3. The first kappa shape index (κ1) is 12.6. The zero-order chi connectivity index (χ0) is 14.7. The van der Waals surface area contributed by atoms with Crippen molar-refractivity contribution in [3.63, 3.8) is 0 Å². The molecule has 0 amide bonds. The van der Waals surface area contributed by atoms with E-state index in [2.05, 4.69) is 24.3 Å². The standard InChI is InChI=1S/C18H14O4/c1-10-19-17-13-6-2-4-11-8-9-12-5-3-7-14(16(12)15(11)13)18(20-17)22-21-10/h2-10,17-18H,1H3/t10?,17-,18-/m0/s1. The van der Waals surface area contributed by atoms with Crippen molar-refractivity contribution >= 4 is 21.5 Å². The molecule has 1 unspecified atom stereocenters. The van der Waals surface area contributed by atoms with E-state index in [0.29, 0.717) is 0 Å². The van der Waals surface area contributed by atoms with Gasteiger partial charge in [-0.05, 0) is 28.5 Å². The molecule has 0 spiro atoms. The van der Waals surface area contributed by atoms with Gasteiger partial charge >= 0.3 is 0 Å². The van der Waals surface area contributed by atoms with Gasteiger partial charge < -0.3 is 9.47 Å². The third-order valence-corrected chi connectivity index (χ3v) is 4.30. The van der Waals surface area contributed by atoms with Crippen molar-refractivity contribution in [2.75, 3.05) is 0 Å². The molecular weight excluding hydrogens is 280 g/mol. The second-order valence-corrected chi connectivity index (χ2v) is 5.65. The summed E-state index contributed by atoms with van der Waals surface area (Å²) in [4.78, 5) is 10.7. The maximum atomic E-state index is 6.04. The van der Waals surface area contributed by atoms with Crippen molar-refractivity contribution in [1.29, 1.82) is 0 Å². The third kappa shape index (κ3) is 1.66. The van der Waals surface area contributed by atoms with Crippen LogP contribution in [0.4, 0.5) is 0 Å². The van der Waals surface area contributed by atoms with Crippen molar-refractivity contribution < 1.29 is 19.2 Å². The minimum atomic E-state index is -0.600. The van der Waals surface area contributed by atoms with Gasteiger partial charge in [-0.1, -0.05) is 48.5 Å². The quantitative estimate of drug-likeness (QED) is 0.456. The molecule has 110 valence electrons. The average Bonchev–Trinajstić information content (AvgIpc) is 2.82. The Balaban J connectivity index is 1.96. The van der Waals surface area contributed by atoms with E-state index in [-0.39, 0.29) is 0 Å². The molecule has 4 nitrogen and oxygen atoms in total. The number of hydrogen-bond donors (Lipinski definition) is 0. The number of rotatable bonds is 0. The van der Waals surface area contributed by atoms with Gasteiger partial charge in [0.25, 0.3) is 0 Å². The van der Waals surface area contributed by atoms with Gasteiger partial charge in [-0.15, -0.1) is 0 Å². The Morgan fingerprint density at radius 1 is 0.682 bits per heavy atom. The van der Waals surface area contributed by atoms with E-state index in [1.807, 2.05) is 24.3 Å². The zero-order valence-corrected chi connectivity index (χ0v) is 12.0. The lowest BCUT2D eigenvalue weighted by molar-refractivity contribution is -0.398. The van der Waals surface area contributed by atoms with Gasteiger partial charge in [0.05, 0.1) is 0 Å². The van der Waals surface area contributed by atoms with E-state index in [0.717, 1.165) is 21.9 Å². The molecule has 0 aliphatic carbocycles. The lowest BCUT2D eigenvalue weighted by atomic mass is 9.95. The number of ether oxygens (including phenoxy) is 2. The number of fused-ring (bicyclic) bond motifs is 4. The van der Waals surface area contributed by atoms with Crippen molar-refractivity contribution in [1.82, 2.24) is 0 Å². The highest BCUT2D eigenvalue weighted by atomic mass is 17.3. The van der Waals surface area contributed by atoms with Crippen LogP contribution in [-0.2, 0) is 19.2 Å². The van der Waals surface area contributed by atoms with Gasteiger partial charge in [-0.3, -0.25) is 0 Å².